The molecule has 5 atom stereocenters. The number of likely N-dealkylation sites (tertiary alicyclic amines) is 2. The molecule has 0 saturated carbocycles. The van der Waals surface area contributed by atoms with Crippen LogP contribution in [0.3, 0.4) is 0 Å². The number of ether oxygens (including phenoxy) is 3. The number of carboxylic acid groups (broad SMARTS) is 1. The fraction of sp³-hybridized carbons (Fsp3) is 0.606. The number of benzene rings is 1. The largest absolute Gasteiger partial charge is 0.480 e. The number of carbonyl (C=O) groups excluding carboxylic acids is 6. The molecule has 1 aromatic rings. The first kappa shape index (κ1) is 38.6. The van der Waals surface area contributed by atoms with E-state index in [0.29, 0.717) is 31.4 Å². The number of carboxylic acids is 1. The number of hydrogen-bond acceptors (Lipinski definition) is 10. The van der Waals surface area contributed by atoms with E-state index in [-0.39, 0.29) is 19.6 Å². The van der Waals surface area contributed by atoms with Gasteiger partial charge >= 0.3 is 24.1 Å². The Kier molecular flexibility index (Phi) is 13.4. The minimum atomic E-state index is -1.60. The van der Waals surface area contributed by atoms with Gasteiger partial charge in [-0.25, -0.2) is 19.2 Å². The second-order valence-corrected chi connectivity index (χ2v) is 13.1. The molecular formula is C33H47N5O11. The van der Waals surface area contributed by atoms with Gasteiger partial charge in [-0.3, -0.25) is 19.3 Å². The second kappa shape index (κ2) is 17.0. The highest BCUT2D eigenvalue weighted by Gasteiger charge is 2.41. The van der Waals surface area contributed by atoms with Crippen molar-refractivity contribution in [2.45, 2.75) is 103 Å². The highest BCUT2D eigenvalue weighted by Crippen LogP contribution is 2.23. The molecule has 1 aromatic carbocycles. The van der Waals surface area contributed by atoms with Gasteiger partial charge in [0.05, 0.1) is 0 Å². The number of nitrogens with one attached hydrogen (secondary N) is 2. The first-order valence-corrected chi connectivity index (χ1v) is 16.2. The molecule has 2 aliphatic heterocycles. The molecule has 2 fully saturated rings. The Morgan fingerprint density at radius 1 is 0.918 bits per heavy atom. The summed E-state index contributed by atoms with van der Waals surface area (Å²) in [5, 5.41) is 14.3. The predicted octanol–water partition coefficient (Wildman–Crippen LogP) is 1.65. The maximum Gasteiger partial charge on any atom is 0.410 e. The van der Waals surface area contributed by atoms with Crippen LogP contribution in [0.1, 0.15) is 65.9 Å². The summed E-state index contributed by atoms with van der Waals surface area (Å²) in [7, 11) is 1.44. The molecule has 3 N–H and O–H groups in total. The van der Waals surface area contributed by atoms with Gasteiger partial charge in [0.25, 0.3) is 0 Å². The Hall–Kier alpha value is -4.89. The Morgan fingerprint density at radius 2 is 1.53 bits per heavy atom. The fourth-order valence-corrected chi connectivity index (χ4v) is 5.43. The molecule has 16 heteroatoms. The number of esters is 1. The first-order chi connectivity index (χ1) is 23.0. The highest BCUT2D eigenvalue weighted by molar-refractivity contribution is 5.94. The van der Waals surface area contributed by atoms with Crippen molar-refractivity contribution < 1.29 is 52.9 Å². The summed E-state index contributed by atoms with van der Waals surface area (Å²) in [6, 6.07) is 3.25. The maximum absolute atomic E-state index is 13.3. The van der Waals surface area contributed by atoms with Crippen molar-refractivity contribution in [3.63, 3.8) is 0 Å². The van der Waals surface area contributed by atoms with E-state index in [1.54, 1.807) is 51.1 Å². The van der Waals surface area contributed by atoms with Gasteiger partial charge in [0.1, 0.15) is 43.0 Å². The lowest BCUT2D eigenvalue weighted by Crippen LogP contribution is -2.56. The molecule has 0 radical (unpaired) electrons. The predicted molar refractivity (Wildman–Crippen MR) is 173 cm³/mol. The van der Waals surface area contributed by atoms with Gasteiger partial charge < -0.3 is 39.8 Å². The molecular weight excluding hydrogens is 642 g/mol. The molecule has 2 heterocycles. The first-order valence-electron chi connectivity index (χ1n) is 16.2. The van der Waals surface area contributed by atoms with Crippen LogP contribution < -0.4 is 10.6 Å². The van der Waals surface area contributed by atoms with E-state index in [4.69, 9.17) is 14.2 Å². The van der Waals surface area contributed by atoms with Gasteiger partial charge in [-0.15, -0.1) is 0 Å². The van der Waals surface area contributed by atoms with Gasteiger partial charge in [0.15, 0.2) is 6.04 Å². The van der Waals surface area contributed by atoms with Crippen molar-refractivity contribution in [1.29, 1.82) is 0 Å². The van der Waals surface area contributed by atoms with Crippen LogP contribution >= 0.6 is 0 Å². The molecule has 0 unspecified atom stereocenters. The van der Waals surface area contributed by atoms with Crippen molar-refractivity contribution in [1.82, 2.24) is 25.3 Å². The smallest absolute Gasteiger partial charge is 0.410 e. The summed E-state index contributed by atoms with van der Waals surface area (Å²) in [5.41, 5.74) is -0.0467. The molecule has 3 rings (SSSR count). The van der Waals surface area contributed by atoms with Crippen LogP contribution in [0.15, 0.2) is 30.3 Å². The van der Waals surface area contributed by atoms with Crippen LogP contribution in [0.25, 0.3) is 0 Å². The van der Waals surface area contributed by atoms with E-state index in [2.05, 4.69) is 10.6 Å². The van der Waals surface area contributed by atoms with E-state index >= 15 is 0 Å². The van der Waals surface area contributed by atoms with Gasteiger partial charge in [-0.05, 0) is 65.9 Å². The van der Waals surface area contributed by atoms with Crippen LogP contribution in [0, 0.1) is 0 Å². The molecule has 0 aliphatic carbocycles. The lowest BCUT2D eigenvalue weighted by atomic mass is 10.1. The number of hydrogen-bond donors (Lipinski definition) is 3. The van der Waals surface area contributed by atoms with E-state index in [9.17, 15) is 38.7 Å². The van der Waals surface area contributed by atoms with Crippen LogP contribution in [0.4, 0.5) is 9.59 Å². The summed E-state index contributed by atoms with van der Waals surface area (Å²) in [6.45, 7) is 7.88. The SMILES string of the molecule is C[C@H](NC(=O)[C@H](C)N(C)C(=O)[C@@H]1CCCN1C(=O)OC(C)(C)C)C(=O)N1CCC[C@H]1C(=O)OC[C@H](NC(=O)OCc1ccccc1)C(=O)O. The Balaban J connectivity index is 1.52. The van der Waals surface area contributed by atoms with Gasteiger partial charge in [0, 0.05) is 20.1 Å². The van der Waals surface area contributed by atoms with Crippen molar-refractivity contribution in [3.8, 4) is 0 Å². The van der Waals surface area contributed by atoms with Crippen LogP contribution in [-0.4, -0.2) is 124 Å². The standard InChI is InChI=1S/C33H47N5O11/c1-20(34-26(39)21(2)36(6)28(41)24-14-10-17-38(24)32(46)49-33(3,4)5)27(40)37-16-11-15-25(37)30(44)47-19-23(29(42)43)35-31(45)48-18-22-12-8-7-9-13-22/h7-9,12-13,20-21,23-25H,10-11,14-19H2,1-6H3,(H,34,39)(H,35,45)(H,42,43)/t20-,21-,23-,24-,25-/m0/s1. The van der Waals surface area contributed by atoms with Crippen LogP contribution in [0.2, 0.25) is 0 Å². The van der Waals surface area contributed by atoms with Gasteiger partial charge in [-0.1, -0.05) is 30.3 Å². The van der Waals surface area contributed by atoms with Crippen LogP contribution in [0.5, 0.6) is 0 Å². The van der Waals surface area contributed by atoms with E-state index in [1.807, 2.05) is 0 Å². The Bertz CT molecular complexity index is 1380. The third kappa shape index (κ3) is 10.8. The Labute approximate surface area is 285 Å². The third-order valence-electron chi connectivity index (χ3n) is 8.21. The summed E-state index contributed by atoms with van der Waals surface area (Å²) in [4.78, 5) is 93.1. The fourth-order valence-electron chi connectivity index (χ4n) is 5.43. The molecule has 49 heavy (non-hydrogen) atoms. The van der Waals surface area contributed by atoms with E-state index in [0.717, 1.165) is 0 Å². The summed E-state index contributed by atoms with van der Waals surface area (Å²) < 4.78 is 15.7. The minimum Gasteiger partial charge on any atom is -0.480 e. The van der Waals surface area contributed by atoms with Crippen molar-refractivity contribution >= 4 is 41.8 Å². The molecule has 0 bridgehead atoms. The third-order valence-corrected chi connectivity index (χ3v) is 8.21. The monoisotopic (exact) mass is 689 g/mol. The number of aliphatic carboxylic acids is 1. The molecule has 270 valence electrons. The number of alkyl carbamates (subject to hydrolysis) is 1. The van der Waals surface area contributed by atoms with Crippen molar-refractivity contribution in [2.75, 3.05) is 26.7 Å². The number of nitrogens with zero attached hydrogens (tertiary/aromatic N) is 3. The number of carbonyl (C=O) groups is 7. The van der Waals surface area contributed by atoms with Crippen molar-refractivity contribution in [3.05, 3.63) is 35.9 Å². The molecule has 0 aromatic heterocycles. The van der Waals surface area contributed by atoms with Gasteiger partial charge in [-0.2, -0.15) is 0 Å². The number of rotatable bonds is 12. The number of likely N-dealkylation sites (N-methyl/N-ethyl adjacent to an activating group) is 1. The topological polar surface area (TPSA) is 201 Å². The average molecular weight is 690 g/mol. The van der Waals surface area contributed by atoms with E-state index < -0.39 is 84.3 Å². The summed E-state index contributed by atoms with van der Waals surface area (Å²) in [5.74, 6) is -3.95. The molecule has 5 amide bonds. The van der Waals surface area contributed by atoms with Crippen molar-refractivity contribution in [2.24, 2.45) is 0 Å². The average Bonchev–Trinajstić information content (AvgIpc) is 3.74. The minimum absolute atomic E-state index is 0.0920. The molecule has 2 aliphatic rings. The highest BCUT2D eigenvalue weighted by atomic mass is 16.6. The lowest BCUT2D eigenvalue weighted by Gasteiger charge is -2.33. The zero-order chi connectivity index (χ0) is 36.5. The number of amides is 5. The molecule has 0 spiro atoms. The van der Waals surface area contributed by atoms with E-state index in [1.165, 1.54) is 35.6 Å². The van der Waals surface area contributed by atoms with Gasteiger partial charge in [0.2, 0.25) is 17.7 Å². The lowest BCUT2D eigenvalue weighted by molar-refractivity contribution is -0.156. The quantitative estimate of drug-likeness (QED) is 0.213. The molecule has 16 nitrogen and oxygen atoms in total. The van der Waals surface area contributed by atoms with Crippen LogP contribution in [-0.2, 0) is 44.8 Å². The normalized spacial score (nSPS) is 19.2. The zero-order valence-corrected chi connectivity index (χ0v) is 28.8. The summed E-state index contributed by atoms with van der Waals surface area (Å²) >= 11 is 0. The molecule has 2 saturated heterocycles. The Morgan fingerprint density at radius 3 is 2.14 bits per heavy atom. The zero-order valence-electron chi connectivity index (χ0n) is 28.8. The maximum atomic E-state index is 13.3. The second-order valence-electron chi connectivity index (χ2n) is 13.1. The summed E-state index contributed by atoms with van der Waals surface area (Å²) in [6.07, 6.45) is 0.104.